The first kappa shape index (κ1) is 29.5. The number of aromatic nitrogens is 1. The van der Waals surface area contributed by atoms with Crippen molar-refractivity contribution in [2.45, 2.75) is 37.3 Å². The lowest BCUT2D eigenvalue weighted by atomic mass is 10.00. The standard InChI is InChI=1S/C29H34N4O5S2/c1-19(2)17-33(40(36,37)23-12-10-22(38-3)11-13-23)18-26(34)25(15-20-7-5-4-6-8-20)31-28(35)21-9-14-24-27(16-21)39-29(30)32-24/h4-14,16,19,25-26,34H,15,17-18H2,1-3H3,(H2,30,32)(H,31,35). The number of rotatable bonds is 12. The Kier molecular flexibility index (Phi) is 9.41. The topological polar surface area (TPSA) is 135 Å². The van der Waals surface area contributed by atoms with Gasteiger partial charge in [-0.15, -0.1) is 0 Å². The van der Waals surface area contributed by atoms with E-state index in [1.165, 1.54) is 34.9 Å². The van der Waals surface area contributed by atoms with Crippen LogP contribution in [0, 0.1) is 5.92 Å². The molecule has 212 valence electrons. The second-order valence-electron chi connectivity index (χ2n) is 9.96. The molecule has 0 aliphatic heterocycles. The van der Waals surface area contributed by atoms with Gasteiger partial charge in [0, 0.05) is 18.7 Å². The molecule has 0 saturated heterocycles. The predicted octanol–water partition coefficient (Wildman–Crippen LogP) is 3.94. The summed E-state index contributed by atoms with van der Waals surface area (Å²) in [6.45, 7) is 3.82. The van der Waals surface area contributed by atoms with Crippen LogP contribution >= 0.6 is 11.3 Å². The van der Waals surface area contributed by atoms with E-state index in [2.05, 4.69) is 10.3 Å². The number of aliphatic hydroxyl groups excluding tert-OH is 1. The number of ether oxygens (including phenoxy) is 1. The summed E-state index contributed by atoms with van der Waals surface area (Å²) in [5.74, 6) is 0.155. The van der Waals surface area contributed by atoms with E-state index in [9.17, 15) is 18.3 Å². The summed E-state index contributed by atoms with van der Waals surface area (Å²) < 4.78 is 34.5. The summed E-state index contributed by atoms with van der Waals surface area (Å²) >= 11 is 1.28. The van der Waals surface area contributed by atoms with E-state index in [0.29, 0.717) is 28.4 Å². The molecule has 40 heavy (non-hydrogen) atoms. The first-order valence-electron chi connectivity index (χ1n) is 12.9. The number of methoxy groups -OCH3 is 1. The molecule has 4 aromatic rings. The SMILES string of the molecule is COc1ccc(S(=O)(=O)N(CC(C)C)CC(O)C(Cc2ccccc2)NC(=O)c2ccc3nc(N)sc3c2)cc1. The number of carbonyl (C=O) groups excluding carboxylic acids is 1. The van der Waals surface area contributed by atoms with Crippen LogP contribution in [0.1, 0.15) is 29.8 Å². The number of anilines is 1. The zero-order chi connectivity index (χ0) is 28.9. The Balaban J connectivity index is 1.60. The fourth-order valence-corrected chi connectivity index (χ4v) is 6.79. The molecule has 0 fully saturated rings. The van der Waals surface area contributed by atoms with Crippen LogP contribution in [0.3, 0.4) is 0 Å². The predicted molar refractivity (Wildman–Crippen MR) is 158 cm³/mol. The van der Waals surface area contributed by atoms with Crippen molar-refractivity contribution in [1.82, 2.24) is 14.6 Å². The maximum Gasteiger partial charge on any atom is 0.251 e. The lowest BCUT2D eigenvalue weighted by molar-refractivity contribution is 0.0776. The zero-order valence-electron chi connectivity index (χ0n) is 22.7. The van der Waals surface area contributed by atoms with E-state index in [0.717, 1.165) is 10.3 Å². The van der Waals surface area contributed by atoms with Gasteiger partial charge in [-0.2, -0.15) is 4.31 Å². The fourth-order valence-electron chi connectivity index (χ4n) is 4.40. The number of fused-ring (bicyclic) bond motifs is 1. The number of thiazole rings is 1. The number of carbonyl (C=O) groups is 1. The second kappa shape index (κ2) is 12.8. The normalized spacial score (nSPS) is 13.4. The molecule has 1 heterocycles. The molecule has 3 aromatic carbocycles. The number of nitrogens with zero attached hydrogens (tertiary/aromatic N) is 2. The van der Waals surface area contributed by atoms with Crippen LogP contribution < -0.4 is 15.8 Å². The van der Waals surface area contributed by atoms with Gasteiger partial charge in [0.05, 0.1) is 34.4 Å². The summed E-state index contributed by atoms with van der Waals surface area (Å²) in [5, 5.41) is 14.8. The van der Waals surface area contributed by atoms with E-state index >= 15 is 0 Å². The molecule has 0 spiro atoms. The van der Waals surface area contributed by atoms with Crippen LogP contribution in [0.25, 0.3) is 10.2 Å². The van der Waals surface area contributed by atoms with Gasteiger partial charge in [0.25, 0.3) is 5.91 Å². The van der Waals surface area contributed by atoms with Gasteiger partial charge in [-0.1, -0.05) is 55.5 Å². The smallest absolute Gasteiger partial charge is 0.251 e. The van der Waals surface area contributed by atoms with Gasteiger partial charge in [-0.05, 0) is 60.4 Å². The summed E-state index contributed by atoms with van der Waals surface area (Å²) in [6.07, 6.45) is -0.888. The summed E-state index contributed by atoms with van der Waals surface area (Å²) in [6, 6.07) is 19.9. The lowest BCUT2D eigenvalue weighted by Gasteiger charge is -2.31. The number of nitrogens with two attached hydrogens (primary N) is 1. The number of hydrogen-bond donors (Lipinski definition) is 3. The minimum absolute atomic E-state index is 0.000886. The molecule has 0 radical (unpaired) electrons. The molecular weight excluding hydrogens is 548 g/mol. The first-order valence-corrected chi connectivity index (χ1v) is 15.2. The van der Waals surface area contributed by atoms with E-state index < -0.39 is 22.2 Å². The van der Waals surface area contributed by atoms with Crippen LogP contribution in [0.5, 0.6) is 5.75 Å². The number of amides is 1. The summed E-state index contributed by atoms with van der Waals surface area (Å²) in [7, 11) is -2.43. The molecule has 1 amide bonds. The first-order chi connectivity index (χ1) is 19.1. The number of aliphatic hydroxyl groups is 1. The fraction of sp³-hybridized carbons (Fsp3) is 0.310. The molecule has 4 N–H and O–H groups in total. The Hall–Kier alpha value is -3.51. The average molecular weight is 583 g/mol. The number of hydrogen-bond acceptors (Lipinski definition) is 8. The monoisotopic (exact) mass is 582 g/mol. The van der Waals surface area contributed by atoms with Crippen LogP contribution in [0.15, 0.2) is 77.7 Å². The van der Waals surface area contributed by atoms with Crippen molar-refractivity contribution >= 4 is 42.6 Å². The summed E-state index contributed by atoms with van der Waals surface area (Å²) in [4.78, 5) is 17.7. The van der Waals surface area contributed by atoms with Gasteiger partial charge in [-0.25, -0.2) is 13.4 Å². The number of nitrogen functional groups attached to an aromatic ring is 1. The molecule has 9 nitrogen and oxygen atoms in total. The molecule has 11 heteroatoms. The maximum atomic E-state index is 13.6. The van der Waals surface area contributed by atoms with Gasteiger partial charge >= 0.3 is 0 Å². The van der Waals surface area contributed by atoms with Crippen molar-refractivity contribution in [1.29, 1.82) is 0 Å². The highest BCUT2D eigenvalue weighted by Crippen LogP contribution is 2.25. The Morgan fingerprint density at radius 2 is 1.77 bits per heavy atom. The molecule has 0 aliphatic carbocycles. The van der Waals surface area contributed by atoms with E-state index in [1.54, 1.807) is 30.3 Å². The van der Waals surface area contributed by atoms with Gasteiger partial charge in [0.2, 0.25) is 10.0 Å². The molecule has 0 bridgehead atoms. The Morgan fingerprint density at radius 1 is 1.07 bits per heavy atom. The minimum Gasteiger partial charge on any atom is -0.497 e. The van der Waals surface area contributed by atoms with Crippen LogP contribution in [0.4, 0.5) is 5.13 Å². The molecule has 2 atom stereocenters. The van der Waals surface area contributed by atoms with Crippen molar-refractivity contribution in [3.05, 3.63) is 83.9 Å². The van der Waals surface area contributed by atoms with Crippen LogP contribution in [-0.4, -0.2) is 61.1 Å². The number of nitrogens with one attached hydrogen (secondary N) is 1. The molecule has 2 unspecified atom stereocenters. The maximum absolute atomic E-state index is 13.6. The van der Waals surface area contributed by atoms with Crippen molar-refractivity contribution < 1.29 is 23.1 Å². The third-order valence-corrected chi connectivity index (χ3v) is 9.10. The molecule has 0 aliphatic rings. The van der Waals surface area contributed by atoms with E-state index in [4.69, 9.17) is 10.5 Å². The van der Waals surface area contributed by atoms with Gasteiger partial charge in [0.15, 0.2) is 5.13 Å². The molecule has 0 saturated carbocycles. The summed E-state index contributed by atoms with van der Waals surface area (Å²) in [5.41, 5.74) is 7.80. The number of benzene rings is 3. The highest BCUT2D eigenvalue weighted by molar-refractivity contribution is 7.89. The van der Waals surface area contributed by atoms with Gasteiger partial charge in [-0.3, -0.25) is 4.79 Å². The Morgan fingerprint density at radius 3 is 2.42 bits per heavy atom. The van der Waals surface area contributed by atoms with Crippen molar-refractivity contribution in [2.75, 3.05) is 25.9 Å². The Bertz CT molecular complexity index is 1540. The van der Waals surface area contributed by atoms with Crippen LogP contribution in [0.2, 0.25) is 0 Å². The van der Waals surface area contributed by atoms with E-state index in [1.807, 2.05) is 44.2 Å². The second-order valence-corrected chi connectivity index (χ2v) is 13.0. The lowest BCUT2D eigenvalue weighted by Crippen LogP contribution is -2.51. The highest BCUT2D eigenvalue weighted by atomic mass is 32.2. The Labute approximate surface area is 238 Å². The average Bonchev–Trinajstić information content (AvgIpc) is 3.31. The molecule has 4 rings (SSSR count). The zero-order valence-corrected chi connectivity index (χ0v) is 24.3. The quantitative estimate of drug-likeness (QED) is 0.230. The largest absolute Gasteiger partial charge is 0.497 e. The molecular formula is C29H34N4O5S2. The van der Waals surface area contributed by atoms with Gasteiger partial charge in [0.1, 0.15) is 5.75 Å². The molecule has 1 aromatic heterocycles. The van der Waals surface area contributed by atoms with Crippen molar-refractivity contribution in [3.8, 4) is 5.75 Å². The number of sulfonamides is 1. The third-order valence-electron chi connectivity index (χ3n) is 6.40. The third kappa shape index (κ3) is 7.16. The van der Waals surface area contributed by atoms with E-state index in [-0.39, 0.29) is 29.8 Å². The minimum atomic E-state index is -3.94. The highest BCUT2D eigenvalue weighted by Gasteiger charge is 2.31. The van der Waals surface area contributed by atoms with Crippen LogP contribution in [-0.2, 0) is 16.4 Å². The van der Waals surface area contributed by atoms with Crippen molar-refractivity contribution in [3.63, 3.8) is 0 Å². The van der Waals surface area contributed by atoms with Crippen molar-refractivity contribution in [2.24, 2.45) is 5.92 Å². The van der Waals surface area contributed by atoms with Gasteiger partial charge < -0.3 is 20.9 Å².